The van der Waals surface area contributed by atoms with Crippen molar-refractivity contribution < 1.29 is 22.3 Å². The topological polar surface area (TPSA) is 75.7 Å². The second-order valence-electron chi connectivity index (χ2n) is 7.63. The maximum atomic E-state index is 14.2. The lowest BCUT2D eigenvalue weighted by Crippen LogP contribution is -2.41. The summed E-state index contributed by atoms with van der Waals surface area (Å²) in [4.78, 5) is 12.7. The summed E-state index contributed by atoms with van der Waals surface area (Å²) in [7, 11) is -2.43. The van der Waals surface area contributed by atoms with Crippen LogP contribution in [0.15, 0.2) is 77.7 Å². The Labute approximate surface area is 194 Å². The number of halogens is 1. The standard InChI is InChI=1S/C25H27FN2O4S/c1-19-7-13-23(14-8-19)33(30,31)28(17-21-5-3-4-6-24(21)26)18-25(29)27-16-15-20-9-11-22(32-2)12-10-20/h3-14H,15-18H2,1-2H3,(H,27,29). The van der Waals surface area contributed by atoms with Gasteiger partial charge in [0.1, 0.15) is 11.6 Å². The third-order valence-electron chi connectivity index (χ3n) is 5.18. The van der Waals surface area contributed by atoms with Crippen molar-refractivity contribution in [2.24, 2.45) is 0 Å². The van der Waals surface area contributed by atoms with Crippen molar-refractivity contribution in [3.8, 4) is 5.75 Å². The van der Waals surface area contributed by atoms with Gasteiger partial charge in [-0.2, -0.15) is 4.31 Å². The van der Waals surface area contributed by atoms with Gasteiger partial charge in [0.2, 0.25) is 15.9 Å². The average Bonchev–Trinajstić information content (AvgIpc) is 2.80. The monoisotopic (exact) mass is 470 g/mol. The van der Waals surface area contributed by atoms with Crippen LogP contribution in [-0.2, 0) is 27.8 Å². The van der Waals surface area contributed by atoms with Gasteiger partial charge >= 0.3 is 0 Å². The van der Waals surface area contributed by atoms with E-state index in [-0.39, 0.29) is 17.0 Å². The van der Waals surface area contributed by atoms with Gasteiger partial charge in [0, 0.05) is 18.7 Å². The SMILES string of the molecule is COc1ccc(CCNC(=O)CN(Cc2ccccc2F)S(=O)(=O)c2ccc(C)cc2)cc1. The molecule has 174 valence electrons. The van der Waals surface area contributed by atoms with Crippen LogP contribution in [0.3, 0.4) is 0 Å². The van der Waals surface area contributed by atoms with Crippen LogP contribution in [-0.4, -0.2) is 38.8 Å². The summed E-state index contributed by atoms with van der Waals surface area (Å²) in [5.74, 6) is -0.245. The zero-order chi connectivity index (χ0) is 23.8. The van der Waals surface area contributed by atoms with Crippen LogP contribution in [0.4, 0.5) is 4.39 Å². The van der Waals surface area contributed by atoms with E-state index >= 15 is 0 Å². The fourth-order valence-electron chi connectivity index (χ4n) is 3.26. The van der Waals surface area contributed by atoms with Crippen molar-refractivity contribution in [2.75, 3.05) is 20.2 Å². The van der Waals surface area contributed by atoms with Crippen molar-refractivity contribution in [3.63, 3.8) is 0 Å². The van der Waals surface area contributed by atoms with Crippen molar-refractivity contribution >= 4 is 15.9 Å². The number of methoxy groups -OCH3 is 1. The van der Waals surface area contributed by atoms with E-state index in [1.165, 1.54) is 30.3 Å². The molecule has 0 unspecified atom stereocenters. The third kappa shape index (κ3) is 6.63. The van der Waals surface area contributed by atoms with Crippen LogP contribution >= 0.6 is 0 Å². The number of hydrogen-bond donors (Lipinski definition) is 1. The summed E-state index contributed by atoms with van der Waals surface area (Å²) in [6.45, 7) is 1.51. The van der Waals surface area contributed by atoms with Gasteiger partial charge in [-0.3, -0.25) is 4.79 Å². The number of amides is 1. The van der Waals surface area contributed by atoms with Crippen LogP contribution in [0.2, 0.25) is 0 Å². The molecule has 0 radical (unpaired) electrons. The summed E-state index contributed by atoms with van der Waals surface area (Å²) < 4.78 is 46.9. The Morgan fingerprint density at radius 1 is 1.00 bits per heavy atom. The molecule has 0 heterocycles. The number of carbonyl (C=O) groups excluding carboxylic acids is 1. The molecule has 3 aromatic rings. The fourth-order valence-corrected chi connectivity index (χ4v) is 4.63. The predicted octanol–water partition coefficient (Wildman–Crippen LogP) is 3.69. The lowest BCUT2D eigenvalue weighted by molar-refractivity contribution is -0.121. The summed E-state index contributed by atoms with van der Waals surface area (Å²) in [6.07, 6.45) is 0.577. The van der Waals surface area contributed by atoms with Crippen LogP contribution in [0.5, 0.6) is 5.75 Å². The molecule has 3 rings (SSSR count). The molecule has 1 amide bonds. The van der Waals surface area contributed by atoms with Gasteiger partial charge in [0.25, 0.3) is 0 Å². The Morgan fingerprint density at radius 2 is 1.67 bits per heavy atom. The van der Waals surface area contributed by atoms with E-state index < -0.39 is 28.3 Å². The van der Waals surface area contributed by atoms with E-state index in [2.05, 4.69) is 5.32 Å². The number of hydrogen-bond acceptors (Lipinski definition) is 4. The molecule has 0 aliphatic carbocycles. The summed E-state index contributed by atoms with van der Waals surface area (Å²) >= 11 is 0. The number of nitrogens with zero attached hydrogens (tertiary/aromatic N) is 1. The van der Waals surface area contributed by atoms with Crippen molar-refractivity contribution in [3.05, 3.63) is 95.3 Å². The number of benzene rings is 3. The first-order valence-corrected chi connectivity index (χ1v) is 11.9. The van der Waals surface area contributed by atoms with Crippen molar-refractivity contribution in [2.45, 2.75) is 24.8 Å². The molecule has 0 atom stereocenters. The van der Waals surface area contributed by atoms with Crippen LogP contribution < -0.4 is 10.1 Å². The first kappa shape index (κ1) is 24.4. The van der Waals surface area contributed by atoms with E-state index in [0.29, 0.717) is 13.0 Å². The second-order valence-corrected chi connectivity index (χ2v) is 9.56. The van der Waals surface area contributed by atoms with E-state index in [1.807, 2.05) is 31.2 Å². The van der Waals surface area contributed by atoms with Gasteiger partial charge in [0.05, 0.1) is 18.6 Å². The molecule has 0 aliphatic rings. The molecule has 0 fully saturated rings. The summed E-state index contributed by atoms with van der Waals surface area (Å²) in [5, 5.41) is 2.75. The molecule has 0 bridgehead atoms. The van der Waals surface area contributed by atoms with Crippen molar-refractivity contribution in [1.29, 1.82) is 0 Å². The molecule has 6 nitrogen and oxygen atoms in total. The molecular formula is C25H27FN2O4S. The average molecular weight is 471 g/mol. The molecule has 1 N–H and O–H groups in total. The lowest BCUT2D eigenvalue weighted by Gasteiger charge is -2.22. The van der Waals surface area contributed by atoms with E-state index in [1.54, 1.807) is 25.3 Å². The van der Waals surface area contributed by atoms with E-state index in [4.69, 9.17) is 4.74 Å². The Kier molecular flexibility index (Phi) is 8.19. The Morgan fingerprint density at radius 3 is 2.30 bits per heavy atom. The number of ether oxygens (including phenoxy) is 1. The fraction of sp³-hybridized carbons (Fsp3) is 0.240. The van der Waals surface area contributed by atoms with Gasteiger partial charge in [-0.25, -0.2) is 12.8 Å². The largest absolute Gasteiger partial charge is 0.497 e. The van der Waals surface area contributed by atoms with E-state index in [9.17, 15) is 17.6 Å². The lowest BCUT2D eigenvalue weighted by atomic mass is 10.1. The molecule has 0 spiro atoms. The maximum Gasteiger partial charge on any atom is 0.243 e. The van der Waals surface area contributed by atoms with Gasteiger partial charge in [0.15, 0.2) is 0 Å². The molecule has 33 heavy (non-hydrogen) atoms. The number of aryl methyl sites for hydroxylation is 1. The minimum absolute atomic E-state index is 0.0514. The Balaban J connectivity index is 1.72. The minimum atomic E-state index is -4.02. The van der Waals surface area contributed by atoms with Crippen LogP contribution in [0.1, 0.15) is 16.7 Å². The predicted molar refractivity (Wildman–Crippen MR) is 125 cm³/mol. The maximum absolute atomic E-state index is 14.2. The first-order chi connectivity index (χ1) is 15.8. The number of rotatable bonds is 10. The molecule has 0 aromatic heterocycles. The highest BCUT2D eigenvalue weighted by molar-refractivity contribution is 7.89. The highest BCUT2D eigenvalue weighted by Crippen LogP contribution is 2.20. The molecule has 0 saturated carbocycles. The first-order valence-electron chi connectivity index (χ1n) is 10.5. The highest BCUT2D eigenvalue weighted by atomic mass is 32.2. The molecular weight excluding hydrogens is 443 g/mol. The quantitative estimate of drug-likeness (QED) is 0.490. The van der Waals surface area contributed by atoms with E-state index in [0.717, 1.165) is 21.2 Å². The van der Waals surface area contributed by atoms with Gasteiger partial charge in [-0.05, 0) is 49.2 Å². The normalized spacial score (nSPS) is 11.4. The summed E-state index contributed by atoms with van der Waals surface area (Å²) in [5.41, 5.74) is 2.11. The molecule has 8 heteroatoms. The van der Waals surface area contributed by atoms with Gasteiger partial charge < -0.3 is 10.1 Å². The van der Waals surface area contributed by atoms with Gasteiger partial charge in [-0.15, -0.1) is 0 Å². The Hall–Kier alpha value is -3.23. The number of carbonyl (C=O) groups is 1. The number of sulfonamides is 1. The molecule has 0 saturated heterocycles. The zero-order valence-electron chi connectivity index (χ0n) is 18.6. The Bertz CT molecular complexity index is 1180. The zero-order valence-corrected chi connectivity index (χ0v) is 19.4. The summed E-state index contributed by atoms with van der Waals surface area (Å²) in [6, 6.07) is 19.7. The van der Waals surface area contributed by atoms with Gasteiger partial charge in [-0.1, -0.05) is 48.0 Å². The van der Waals surface area contributed by atoms with Crippen LogP contribution in [0.25, 0.3) is 0 Å². The molecule has 3 aromatic carbocycles. The molecule has 0 aliphatic heterocycles. The second kappa shape index (κ2) is 11.1. The number of nitrogens with one attached hydrogen (secondary N) is 1. The smallest absolute Gasteiger partial charge is 0.243 e. The third-order valence-corrected chi connectivity index (χ3v) is 6.98. The van der Waals surface area contributed by atoms with Crippen LogP contribution in [0, 0.1) is 12.7 Å². The van der Waals surface area contributed by atoms with Crippen molar-refractivity contribution in [1.82, 2.24) is 9.62 Å². The highest BCUT2D eigenvalue weighted by Gasteiger charge is 2.27. The minimum Gasteiger partial charge on any atom is -0.497 e.